The number of alkyl halides is 3. The van der Waals surface area contributed by atoms with Crippen LogP contribution in [0.5, 0.6) is 11.5 Å². The fourth-order valence-corrected chi connectivity index (χ4v) is 4.48. The Morgan fingerprint density at radius 3 is 2.47 bits per heavy atom. The maximum Gasteiger partial charge on any atom is 0.416 e. The van der Waals surface area contributed by atoms with Crippen LogP contribution in [0.25, 0.3) is 0 Å². The normalized spacial score (nSPS) is 16.7. The van der Waals surface area contributed by atoms with Gasteiger partial charge in [0.1, 0.15) is 11.5 Å². The van der Waals surface area contributed by atoms with Gasteiger partial charge in [-0.15, -0.1) is 0 Å². The van der Waals surface area contributed by atoms with E-state index in [-0.39, 0.29) is 22.7 Å². The Hall–Kier alpha value is -2.91. The van der Waals surface area contributed by atoms with Crippen LogP contribution in [0.1, 0.15) is 44.6 Å². The number of hydrogen-bond acceptors (Lipinski definition) is 5. The molecule has 0 radical (unpaired) electrons. The van der Waals surface area contributed by atoms with E-state index in [0.717, 1.165) is 37.5 Å². The summed E-state index contributed by atoms with van der Waals surface area (Å²) in [5.41, 5.74) is 0.704. The lowest BCUT2D eigenvalue weighted by molar-refractivity contribution is -0.148. The molecule has 6 nitrogen and oxygen atoms in total. The smallest absolute Gasteiger partial charge is 0.416 e. The molecule has 2 aromatic carbocycles. The third-order valence-electron chi connectivity index (χ3n) is 5.82. The number of carbonyl (C=O) groups is 2. The number of esters is 1. The highest BCUT2D eigenvalue weighted by Crippen LogP contribution is 2.35. The Bertz CT molecular complexity index is 1170. The highest BCUT2D eigenvalue weighted by molar-refractivity contribution is 6.32. The van der Waals surface area contributed by atoms with Gasteiger partial charge in [-0.05, 0) is 75.4 Å². The summed E-state index contributed by atoms with van der Waals surface area (Å²) < 4.78 is 54.3. The summed E-state index contributed by atoms with van der Waals surface area (Å²) in [7, 11) is 0. The lowest BCUT2D eigenvalue weighted by Gasteiger charge is -2.22. The van der Waals surface area contributed by atoms with Gasteiger partial charge in [0.05, 0.1) is 34.7 Å². The minimum atomic E-state index is -4.53. The van der Waals surface area contributed by atoms with Crippen molar-refractivity contribution in [3.8, 4) is 11.5 Å². The Labute approximate surface area is 229 Å². The summed E-state index contributed by atoms with van der Waals surface area (Å²) >= 11 is 12.1. The standard InChI is InChI=1S/C27H28Cl2F3NO5/c1-2-36-26(35)18-7-3-5-17(13-18)6-4-12-37-23-11-9-20(15-22(23)29)33-25(34)16-38-24-10-8-19(14-21(24)28)27(30,31)32/h6,8-11,14-15,18H,2-5,7,12-13,16H2,1H3,(H,33,34)/b17-6+/t18-/m1/s1. The number of nitrogens with one attached hydrogen (secondary N) is 1. The third-order valence-corrected chi connectivity index (χ3v) is 6.41. The minimum absolute atomic E-state index is 0.0452. The Morgan fingerprint density at radius 1 is 1.08 bits per heavy atom. The zero-order chi connectivity index (χ0) is 27.7. The van der Waals surface area contributed by atoms with Crippen molar-refractivity contribution in [1.29, 1.82) is 0 Å². The largest absolute Gasteiger partial charge is 0.492 e. The van der Waals surface area contributed by atoms with E-state index in [4.69, 9.17) is 37.4 Å². The molecule has 1 fully saturated rings. The van der Waals surface area contributed by atoms with Crippen LogP contribution in [-0.2, 0) is 20.5 Å². The fourth-order valence-electron chi connectivity index (χ4n) is 4.01. The number of carbonyl (C=O) groups excluding carboxylic acids is 2. The molecule has 2 aromatic rings. The van der Waals surface area contributed by atoms with Crippen molar-refractivity contribution < 1.29 is 37.0 Å². The molecule has 3 rings (SSSR count). The molecule has 0 spiro atoms. The molecule has 206 valence electrons. The summed E-state index contributed by atoms with van der Waals surface area (Å²) in [6.07, 6.45) is 1.69. The van der Waals surface area contributed by atoms with Crippen LogP contribution in [0.2, 0.25) is 10.0 Å². The first-order valence-corrected chi connectivity index (χ1v) is 12.9. The lowest BCUT2D eigenvalue weighted by Crippen LogP contribution is -2.21. The molecule has 0 aliphatic heterocycles. The molecule has 38 heavy (non-hydrogen) atoms. The zero-order valence-corrected chi connectivity index (χ0v) is 22.2. The SMILES string of the molecule is CCOC(=O)[C@@H]1CCC/C(=C\CCOc2ccc(NC(=O)COc3ccc(C(F)(F)F)cc3Cl)cc2Cl)C1. The van der Waals surface area contributed by atoms with E-state index in [9.17, 15) is 22.8 Å². The maximum absolute atomic E-state index is 12.7. The number of ether oxygens (including phenoxy) is 3. The topological polar surface area (TPSA) is 73.9 Å². The summed E-state index contributed by atoms with van der Waals surface area (Å²) in [6.45, 7) is 2.11. The Morgan fingerprint density at radius 2 is 1.79 bits per heavy atom. The van der Waals surface area contributed by atoms with Crippen LogP contribution in [0.4, 0.5) is 18.9 Å². The van der Waals surface area contributed by atoms with Gasteiger partial charge < -0.3 is 19.5 Å². The number of rotatable bonds is 10. The number of allylic oxidation sites excluding steroid dienone is 1. The summed E-state index contributed by atoms with van der Waals surface area (Å²) in [5, 5.41) is 2.63. The first-order valence-electron chi connectivity index (χ1n) is 12.1. The van der Waals surface area contributed by atoms with Gasteiger partial charge in [0.15, 0.2) is 6.61 Å². The molecule has 0 bridgehead atoms. The van der Waals surface area contributed by atoms with Gasteiger partial charge in [0.25, 0.3) is 5.91 Å². The summed E-state index contributed by atoms with van der Waals surface area (Å²) in [6, 6.07) is 7.36. The monoisotopic (exact) mass is 573 g/mol. The predicted octanol–water partition coefficient (Wildman–Crippen LogP) is 7.48. The summed E-state index contributed by atoms with van der Waals surface area (Å²) in [4.78, 5) is 24.2. The maximum atomic E-state index is 12.7. The second-order valence-corrected chi connectivity index (χ2v) is 9.48. The molecule has 0 aromatic heterocycles. The first kappa shape index (κ1) is 29.6. The number of amides is 1. The van der Waals surface area contributed by atoms with Crippen LogP contribution in [0.3, 0.4) is 0 Å². The van der Waals surface area contributed by atoms with Crippen molar-refractivity contribution in [3.63, 3.8) is 0 Å². The van der Waals surface area contributed by atoms with Gasteiger partial charge in [0.2, 0.25) is 0 Å². The van der Waals surface area contributed by atoms with E-state index in [0.29, 0.717) is 42.5 Å². The van der Waals surface area contributed by atoms with Gasteiger partial charge >= 0.3 is 12.1 Å². The molecule has 0 unspecified atom stereocenters. The van der Waals surface area contributed by atoms with Crippen LogP contribution < -0.4 is 14.8 Å². The van der Waals surface area contributed by atoms with Gasteiger partial charge in [-0.3, -0.25) is 9.59 Å². The van der Waals surface area contributed by atoms with Crippen LogP contribution in [0, 0.1) is 5.92 Å². The molecule has 1 amide bonds. The molecule has 0 saturated heterocycles. The number of hydrogen-bond donors (Lipinski definition) is 1. The van der Waals surface area contributed by atoms with E-state index < -0.39 is 24.3 Å². The van der Waals surface area contributed by atoms with Crippen LogP contribution in [0.15, 0.2) is 48.0 Å². The van der Waals surface area contributed by atoms with Crippen molar-refractivity contribution >= 4 is 40.8 Å². The van der Waals surface area contributed by atoms with E-state index in [2.05, 4.69) is 11.4 Å². The molecular weight excluding hydrogens is 546 g/mol. The van der Waals surface area contributed by atoms with Crippen LogP contribution in [-0.4, -0.2) is 31.7 Å². The fraction of sp³-hybridized carbons (Fsp3) is 0.407. The van der Waals surface area contributed by atoms with Gasteiger partial charge in [-0.25, -0.2) is 0 Å². The predicted molar refractivity (Wildman–Crippen MR) is 139 cm³/mol. The summed E-state index contributed by atoms with van der Waals surface area (Å²) in [5.74, 6) is -0.361. The minimum Gasteiger partial charge on any atom is -0.492 e. The van der Waals surface area contributed by atoms with E-state index in [1.807, 2.05) is 0 Å². The molecular formula is C27H28Cl2F3NO5. The van der Waals surface area contributed by atoms with Gasteiger partial charge in [-0.2, -0.15) is 13.2 Å². The Balaban J connectivity index is 1.45. The third kappa shape index (κ3) is 8.84. The first-order chi connectivity index (χ1) is 18.1. The zero-order valence-electron chi connectivity index (χ0n) is 20.7. The molecule has 1 N–H and O–H groups in total. The molecule has 1 aliphatic carbocycles. The van der Waals surface area contributed by atoms with E-state index in [1.54, 1.807) is 19.1 Å². The molecule has 1 saturated carbocycles. The van der Waals surface area contributed by atoms with Crippen molar-refractivity contribution in [3.05, 3.63) is 63.7 Å². The van der Waals surface area contributed by atoms with Gasteiger partial charge in [0, 0.05) is 5.69 Å². The second-order valence-electron chi connectivity index (χ2n) is 8.67. The highest BCUT2D eigenvalue weighted by atomic mass is 35.5. The van der Waals surface area contributed by atoms with Crippen molar-refractivity contribution in [1.82, 2.24) is 0 Å². The molecule has 11 heteroatoms. The molecule has 0 heterocycles. The van der Waals surface area contributed by atoms with Crippen molar-refractivity contribution in [2.75, 3.05) is 25.1 Å². The second kappa shape index (κ2) is 13.8. The highest BCUT2D eigenvalue weighted by Gasteiger charge is 2.31. The quantitative estimate of drug-likeness (QED) is 0.181. The Kier molecular flexibility index (Phi) is 10.7. The number of halogens is 5. The molecule has 1 atom stereocenters. The average molecular weight is 574 g/mol. The van der Waals surface area contributed by atoms with Crippen molar-refractivity contribution in [2.45, 2.75) is 45.2 Å². The number of anilines is 1. The van der Waals surface area contributed by atoms with E-state index >= 15 is 0 Å². The lowest BCUT2D eigenvalue weighted by atomic mass is 9.85. The van der Waals surface area contributed by atoms with Crippen molar-refractivity contribution in [2.24, 2.45) is 5.92 Å². The number of benzene rings is 2. The van der Waals surface area contributed by atoms with Crippen LogP contribution >= 0.6 is 23.2 Å². The molecule has 1 aliphatic rings. The van der Waals surface area contributed by atoms with Gasteiger partial charge in [-0.1, -0.05) is 34.9 Å². The van der Waals surface area contributed by atoms with E-state index in [1.165, 1.54) is 11.6 Å². The average Bonchev–Trinajstić information content (AvgIpc) is 2.86.